The van der Waals surface area contributed by atoms with E-state index in [4.69, 9.17) is 0 Å². The number of rotatable bonds is 6. The number of unbranched alkanes of at least 4 members (excludes halogenated alkanes) is 1. The van der Waals surface area contributed by atoms with Crippen LogP contribution >= 0.6 is 0 Å². The fourth-order valence-corrected chi connectivity index (χ4v) is 4.00. The van der Waals surface area contributed by atoms with Gasteiger partial charge in [0.1, 0.15) is 0 Å². The largest absolute Gasteiger partial charge is 0.337 e. The van der Waals surface area contributed by atoms with Crippen LogP contribution in [0.2, 0.25) is 0 Å². The van der Waals surface area contributed by atoms with Gasteiger partial charge >= 0.3 is 0 Å². The van der Waals surface area contributed by atoms with Crippen molar-refractivity contribution in [3.05, 3.63) is 18.7 Å². The maximum Gasteiger partial charge on any atom is 0.151 e. The van der Waals surface area contributed by atoms with Gasteiger partial charge < -0.3 is 9.88 Å². The Morgan fingerprint density at radius 2 is 2.28 bits per heavy atom. The maximum absolute atomic E-state index is 11.5. The first-order valence-corrected chi connectivity index (χ1v) is 8.37. The molecule has 5 nitrogen and oxygen atoms in total. The van der Waals surface area contributed by atoms with Gasteiger partial charge in [0.15, 0.2) is 9.84 Å². The lowest BCUT2D eigenvalue weighted by Gasteiger charge is -2.23. The van der Waals surface area contributed by atoms with E-state index in [1.54, 1.807) is 6.20 Å². The second-order valence-corrected chi connectivity index (χ2v) is 7.14. The number of imidazole rings is 1. The molecular formula is C12H21N3O2S. The summed E-state index contributed by atoms with van der Waals surface area (Å²) in [4.78, 5) is 3.99. The van der Waals surface area contributed by atoms with Crippen molar-refractivity contribution in [2.75, 3.05) is 18.1 Å². The van der Waals surface area contributed by atoms with Crippen LogP contribution in [0.3, 0.4) is 0 Å². The molecule has 0 radical (unpaired) electrons. The second kappa shape index (κ2) is 6.33. The van der Waals surface area contributed by atoms with Gasteiger partial charge in [-0.25, -0.2) is 13.4 Å². The molecule has 1 aromatic heterocycles. The Balaban J connectivity index is 1.58. The summed E-state index contributed by atoms with van der Waals surface area (Å²) in [5.74, 6) is 0.681. The highest BCUT2D eigenvalue weighted by molar-refractivity contribution is 7.91. The predicted octanol–water partition coefficient (Wildman–Crippen LogP) is 0.830. The molecule has 1 aromatic rings. The van der Waals surface area contributed by atoms with Crippen LogP contribution in [0.4, 0.5) is 0 Å². The molecule has 1 fully saturated rings. The summed E-state index contributed by atoms with van der Waals surface area (Å²) in [5, 5.41) is 3.35. The third-order valence-corrected chi connectivity index (χ3v) is 5.12. The van der Waals surface area contributed by atoms with E-state index in [0.717, 1.165) is 38.8 Å². The molecule has 0 spiro atoms. The highest BCUT2D eigenvalue weighted by Crippen LogP contribution is 2.11. The minimum atomic E-state index is -2.78. The molecule has 1 aliphatic rings. The monoisotopic (exact) mass is 271 g/mol. The van der Waals surface area contributed by atoms with Crippen molar-refractivity contribution >= 4 is 9.84 Å². The molecule has 2 rings (SSSR count). The highest BCUT2D eigenvalue weighted by Gasteiger charge is 2.23. The lowest BCUT2D eigenvalue weighted by Crippen LogP contribution is -2.40. The fraction of sp³-hybridized carbons (Fsp3) is 0.750. The molecule has 102 valence electrons. The van der Waals surface area contributed by atoms with Crippen LogP contribution in [0.15, 0.2) is 18.7 Å². The molecule has 0 saturated carbocycles. The Bertz CT molecular complexity index is 442. The van der Waals surface area contributed by atoms with Crippen LogP contribution in [-0.4, -0.2) is 42.1 Å². The normalized spacial score (nSPS) is 23.0. The van der Waals surface area contributed by atoms with Gasteiger partial charge in [-0.3, -0.25) is 0 Å². The SMILES string of the molecule is O=S1(=O)CCCC(NCCCCn2ccnc2)C1. The number of nitrogens with zero attached hydrogens (tertiary/aromatic N) is 2. The first-order valence-electron chi connectivity index (χ1n) is 6.55. The average Bonchev–Trinajstić information content (AvgIpc) is 2.80. The number of sulfone groups is 1. The van der Waals surface area contributed by atoms with Gasteiger partial charge in [-0.1, -0.05) is 0 Å². The summed E-state index contributed by atoms with van der Waals surface area (Å²) in [7, 11) is -2.78. The molecule has 0 amide bonds. The van der Waals surface area contributed by atoms with Gasteiger partial charge in [0, 0.05) is 25.0 Å². The molecule has 1 N–H and O–H groups in total. The Morgan fingerprint density at radius 3 is 3.00 bits per heavy atom. The Kier molecular flexibility index (Phi) is 4.77. The summed E-state index contributed by atoms with van der Waals surface area (Å²) in [6, 6.07) is 0.164. The second-order valence-electron chi connectivity index (χ2n) is 4.92. The van der Waals surface area contributed by atoms with Crippen LogP contribution in [-0.2, 0) is 16.4 Å². The Labute approximate surface area is 109 Å². The minimum Gasteiger partial charge on any atom is -0.337 e. The molecule has 18 heavy (non-hydrogen) atoms. The van der Waals surface area contributed by atoms with Crippen molar-refractivity contribution in [3.8, 4) is 0 Å². The molecular weight excluding hydrogens is 250 g/mol. The van der Waals surface area contributed by atoms with E-state index in [9.17, 15) is 8.42 Å². The van der Waals surface area contributed by atoms with Gasteiger partial charge in [0.25, 0.3) is 0 Å². The zero-order valence-corrected chi connectivity index (χ0v) is 11.4. The van der Waals surface area contributed by atoms with Crippen LogP contribution in [0.5, 0.6) is 0 Å². The molecule has 1 unspecified atom stereocenters. The topological polar surface area (TPSA) is 64.0 Å². The number of aromatic nitrogens is 2. The van der Waals surface area contributed by atoms with Gasteiger partial charge in [0.05, 0.1) is 17.8 Å². The summed E-state index contributed by atoms with van der Waals surface area (Å²) < 4.78 is 25.0. The average molecular weight is 271 g/mol. The zero-order chi connectivity index (χ0) is 12.8. The molecule has 1 atom stereocenters. The van der Waals surface area contributed by atoms with E-state index >= 15 is 0 Å². The molecule has 1 saturated heterocycles. The predicted molar refractivity (Wildman–Crippen MR) is 71.1 cm³/mol. The van der Waals surface area contributed by atoms with Crippen molar-refractivity contribution in [1.82, 2.24) is 14.9 Å². The number of nitrogens with one attached hydrogen (secondary N) is 1. The van der Waals surface area contributed by atoms with E-state index in [2.05, 4.69) is 14.9 Å². The fourth-order valence-electron chi connectivity index (χ4n) is 2.33. The van der Waals surface area contributed by atoms with E-state index in [0.29, 0.717) is 11.5 Å². The molecule has 2 heterocycles. The van der Waals surface area contributed by atoms with Crippen LogP contribution in [0.1, 0.15) is 25.7 Å². The summed E-state index contributed by atoms with van der Waals surface area (Å²) in [5.41, 5.74) is 0. The van der Waals surface area contributed by atoms with Crippen molar-refractivity contribution in [3.63, 3.8) is 0 Å². The van der Waals surface area contributed by atoms with Crippen molar-refractivity contribution < 1.29 is 8.42 Å². The Morgan fingerprint density at radius 1 is 1.39 bits per heavy atom. The van der Waals surface area contributed by atoms with Crippen molar-refractivity contribution in [1.29, 1.82) is 0 Å². The number of hydrogen-bond donors (Lipinski definition) is 1. The molecule has 1 aliphatic heterocycles. The van der Waals surface area contributed by atoms with Gasteiger partial charge in [-0.15, -0.1) is 0 Å². The Hall–Kier alpha value is -0.880. The highest BCUT2D eigenvalue weighted by atomic mass is 32.2. The first-order chi connectivity index (χ1) is 8.66. The lowest BCUT2D eigenvalue weighted by atomic mass is 10.2. The van der Waals surface area contributed by atoms with Gasteiger partial charge in [0.2, 0.25) is 0 Å². The minimum absolute atomic E-state index is 0.164. The molecule has 6 heteroatoms. The van der Waals surface area contributed by atoms with Crippen molar-refractivity contribution in [2.45, 2.75) is 38.3 Å². The zero-order valence-electron chi connectivity index (χ0n) is 10.6. The molecule has 0 aromatic carbocycles. The molecule has 0 bridgehead atoms. The number of aryl methyl sites for hydroxylation is 1. The van der Waals surface area contributed by atoms with Crippen LogP contribution in [0, 0.1) is 0 Å². The first kappa shape index (κ1) is 13.5. The van der Waals surface area contributed by atoms with Crippen molar-refractivity contribution in [2.24, 2.45) is 0 Å². The summed E-state index contributed by atoms with van der Waals surface area (Å²) in [6.45, 7) is 1.87. The summed E-state index contributed by atoms with van der Waals surface area (Å²) >= 11 is 0. The van der Waals surface area contributed by atoms with Crippen LogP contribution in [0.25, 0.3) is 0 Å². The smallest absolute Gasteiger partial charge is 0.151 e. The van der Waals surface area contributed by atoms with E-state index in [1.807, 2.05) is 12.5 Å². The summed E-state index contributed by atoms with van der Waals surface area (Å²) in [6.07, 6.45) is 9.50. The van der Waals surface area contributed by atoms with E-state index in [-0.39, 0.29) is 6.04 Å². The lowest BCUT2D eigenvalue weighted by molar-refractivity contribution is 0.466. The van der Waals surface area contributed by atoms with Gasteiger partial charge in [-0.05, 0) is 32.2 Å². The maximum atomic E-state index is 11.5. The van der Waals surface area contributed by atoms with Gasteiger partial charge in [-0.2, -0.15) is 0 Å². The molecule has 0 aliphatic carbocycles. The van der Waals surface area contributed by atoms with E-state index < -0.39 is 9.84 Å². The van der Waals surface area contributed by atoms with Crippen LogP contribution < -0.4 is 5.32 Å². The van der Waals surface area contributed by atoms with E-state index in [1.165, 1.54) is 0 Å². The quantitative estimate of drug-likeness (QED) is 0.778. The standard InChI is InChI=1S/C12H21N3O2S/c16-18(17)9-3-4-12(10-18)14-5-1-2-7-15-8-6-13-11-15/h6,8,11-12,14H,1-5,7,9-10H2. The third kappa shape index (κ3) is 4.42. The number of hydrogen-bond acceptors (Lipinski definition) is 4. The third-order valence-electron chi connectivity index (χ3n) is 3.30.